The lowest BCUT2D eigenvalue weighted by Crippen LogP contribution is -2.16. The summed E-state index contributed by atoms with van der Waals surface area (Å²) in [5.41, 5.74) is 0. The first-order valence-electron chi connectivity index (χ1n) is 4.77. The van der Waals surface area contributed by atoms with Crippen LogP contribution in [0.15, 0.2) is 0 Å². The van der Waals surface area contributed by atoms with Gasteiger partial charge in [0.25, 0.3) is 0 Å². The lowest BCUT2D eigenvalue weighted by molar-refractivity contribution is -0.120. The van der Waals surface area contributed by atoms with Crippen molar-refractivity contribution in [1.82, 2.24) is 0 Å². The predicted molar refractivity (Wildman–Crippen MR) is 56.7 cm³/mol. The summed E-state index contributed by atoms with van der Waals surface area (Å²) in [5.74, 6) is 1.49. The molecule has 0 amide bonds. The molecule has 0 saturated carbocycles. The van der Waals surface area contributed by atoms with E-state index in [-0.39, 0.29) is 0 Å². The van der Waals surface area contributed by atoms with Crippen molar-refractivity contribution in [2.24, 2.45) is 5.92 Å². The van der Waals surface area contributed by atoms with E-state index in [1.54, 1.807) is 11.8 Å². The van der Waals surface area contributed by atoms with Gasteiger partial charge in [0.05, 0.1) is 5.75 Å². The summed E-state index contributed by atoms with van der Waals surface area (Å²) >= 11 is 1.64. The Balaban J connectivity index is 3.81. The van der Waals surface area contributed by atoms with Crippen LogP contribution in [0, 0.1) is 5.92 Å². The molecule has 12 heavy (non-hydrogen) atoms. The van der Waals surface area contributed by atoms with Crippen LogP contribution in [-0.2, 0) is 4.79 Å². The summed E-state index contributed by atoms with van der Waals surface area (Å²) in [6.07, 6.45) is 6.41. The SMILES string of the molecule is CCCC(CCC)C(=O)CSC. The van der Waals surface area contributed by atoms with Crippen molar-refractivity contribution < 1.29 is 4.79 Å². The van der Waals surface area contributed by atoms with E-state index in [0.29, 0.717) is 17.5 Å². The van der Waals surface area contributed by atoms with E-state index in [4.69, 9.17) is 0 Å². The van der Waals surface area contributed by atoms with Gasteiger partial charge in [0.15, 0.2) is 0 Å². The summed E-state index contributed by atoms with van der Waals surface area (Å²) in [6, 6.07) is 0. The maximum atomic E-state index is 11.5. The lowest BCUT2D eigenvalue weighted by Gasteiger charge is -2.12. The molecule has 0 spiro atoms. The molecule has 0 aromatic rings. The molecule has 1 nitrogen and oxygen atoms in total. The first kappa shape index (κ1) is 12.0. The van der Waals surface area contributed by atoms with Gasteiger partial charge in [-0.3, -0.25) is 4.79 Å². The van der Waals surface area contributed by atoms with Gasteiger partial charge in [-0.1, -0.05) is 26.7 Å². The molecule has 0 saturated heterocycles. The van der Waals surface area contributed by atoms with E-state index in [9.17, 15) is 4.79 Å². The monoisotopic (exact) mass is 188 g/mol. The van der Waals surface area contributed by atoms with Gasteiger partial charge in [-0.2, -0.15) is 11.8 Å². The first-order valence-corrected chi connectivity index (χ1v) is 6.17. The molecule has 2 heteroatoms. The van der Waals surface area contributed by atoms with Crippen molar-refractivity contribution in [3.63, 3.8) is 0 Å². The maximum Gasteiger partial charge on any atom is 0.145 e. The Kier molecular flexibility index (Phi) is 7.67. The summed E-state index contributed by atoms with van der Waals surface area (Å²) in [5, 5.41) is 0. The van der Waals surface area contributed by atoms with E-state index in [2.05, 4.69) is 13.8 Å². The minimum Gasteiger partial charge on any atom is -0.298 e. The number of Topliss-reactive ketones (excluding diaryl/α,β-unsaturated/α-hetero) is 1. The van der Waals surface area contributed by atoms with Crippen LogP contribution in [0.1, 0.15) is 39.5 Å². The Morgan fingerprint density at radius 1 is 1.25 bits per heavy atom. The van der Waals surface area contributed by atoms with Crippen molar-refractivity contribution in [2.75, 3.05) is 12.0 Å². The molecule has 0 aromatic carbocycles. The molecule has 72 valence electrons. The highest BCUT2D eigenvalue weighted by Crippen LogP contribution is 2.16. The Bertz CT molecular complexity index is 117. The average Bonchev–Trinajstić information content (AvgIpc) is 2.04. The number of carbonyl (C=O) groups excluding carboxylic acids is 1. The van der Waals surface area contributed by atoms with Crippen molar-refractivity contribution in [1.29, 1.82) is 0 Å². The molecular weight excluding hydrogens is 168 g/mol. The lowest BCUT2D eigenvalue weighted by atomic mass is 9.95. The standard InChI is InChI=1S/C10H20OS/c1-4-6-9(7-5-2)10(11)8-12-3/h9H,4-8H2,1-3H3. The van der Waals surface area contributed by atoms with Crippen LogP contribution >= 0.6 is 11.8 Å². The Morgan fingerprint density at radius 3 is 2.08 bits per heavy atom. The van der Waals surface area contributed by atoms with Gasteiger partial charge in [-0.15, -0.1) is 0 Å². The van der Waals surface area contributed by atoms with Gasteiger partial charge >= 0.3 is 0 Å². The van der Waals surface area contributed by atoms with Crippen LogP contribution in [0.5, 0.6) is 0 Å². The molecular formula is C10H20OS. The highest BCUT2D eigenvalue weighted by atomic mass is 32.2. The third-order valence-electron chi connectivity index (χ3n) is 2.02. The Hall–Kier alpha value is 0.0200. The van der Waals surface area contributed by atoms with E-state index in [0.717, 1.165) is 25.7 Å². The van der Waals surface area contributed by atoms with Crippen LogP contribution in [-0.4, -0.2) is 17.8 Å². The van der Waals surface area contributed by atoms with E-state index in [1.807, 2.05) is 6.26 Å². The number of thioether (sulfide) groups is 1. The zero-order valence-corrected chi connectivity index (χ0v) is 9.25. The average molecular weight is 188 g/mol. The second kappa shape index (κ2) is 7.66. The molecule has 0 radical (unpaired) electrons. The Morgan fingerprint density at radius 2 is 1.75 bits per heavy atom. The fourth-order valence-corrected chi connectivity index (χ4v) is 1.94. The molecule has 0 rings (SSSR count). The summed E-state index contributed by atoms with van der Waals surface area (Å²) < 4.78 is 0. The first-order chi connectivity index (χ1) is 5.76. The number of hydrogen-bond acceptors (Lipinski definition) is 2. The van der Waals surface area contributed by atoms with Gasteiger partial charge in [-0.25, -0.2) is 0 Å². The molecule has 0 aliphatic heterocycles. The molecule has 0 fully saturated rings. The molecule has 0 bridgehead atoms. The van der Waals surface area contributed by atoms with Gasteiger partial charge in [0.1, 0.15) is 5.78 Å². The van der Waals surface area contributed by atoms with E-state index < -0.39 is 0 Å². The van der Waals surface area contributed by atoms with Gasteiger partial charge in [0, 0.05) is 5.92 Å². The van der Waals surface area contributed by atoms with E-state index >= 15 is 0 Å². The van der Waals surface area contributed by atoms with Crippen LogP contribution in [0.4, 0.5) is 0 Å². The Labute approximate surface area is 80.3 Å². The quantitative estimate of drug-likeness (QED) is 0.610. The molecule has 0 N–H and O–H groups in total. The third-order valence-corrected chi connectivity index (χ3v) is 2.59. The van der Waals surface area contributed by atoms with E-state index in [1.165, 1.54) is 0 Å². The number of rotatable bonds is 7. The minimum atomic E-state index is 0.340. The highest BCUT2D eigenvalue weighted by Gasteiger charge is 2.14. The number of hydrogen-bond donors (Lipinski definition) is 0. The number of ketones is 1. The molecule has 0 atom stereocenters. The van der Waals surface area contributed by atoms with Crippen LogP contribution in [0.2, 0.25) is 0 Å². The predicted octanol–water partition coefficient (Wildman–Crippen LogP) is 3.13. The van der Waals surface area contributed by atoms with Crippen LogP contribution in [0.3, 0.4) is 0 Å². The molecule has 0 unspecified atom stereocenters. The molecule has 0 aliphatic carbocycles. The van der Waals surface area contributed by atoms with Gasteiger partial charge < -0.3 is 0 Å². The summed E-state index contributed by atoms with van der Waals surface area (Å²) in [7, 11) is 0. The third kappa shape index (κ3) is 4.81. The zero-order chi connectivity index (χ0) is 9.40. The van der Waals surface area contributed by atoms with Crippen LogP contribution in [0.25, 0.3) is 0 Å². The zero-order valence-electron chi connectivity index (χ0n) is 8.43. The smallest absolute Gasteiger partial charge is 0.145 e. The number of carbonyl (C=O) groups is 1. The second-order valence-corrected chi connectivity index (χ2v) is 4.04. The highest BCUT2D eigenvalue weighted by molar-refractivity contribution is 7.99. The molecule has 0 aliphatic rings. The molecule has 0 aromatic heterocycles. The topological polar surface area (TPSA) is 17.1 Å². The second-order valence-electron chi connectivity index (χ2n) is 3.17. The van der Waals surface area contributed by atoms with Crippen molar-refractivity contribution >= 4 is 17.5 Å². The van der Waals surface area contributed by atoms with Crippen molar-refractivity contribution in [3.05, 3.63) is 0 Å². The largest absolute Gasteiger partial charge is 0.298 e. The maximum absolute atomic E-state index is 11.5. The van der Waals surface area contributed by atoms with Crippen molar-refractivity contribution in [2.45, 2.75) is 39.5 Å². The van der Waals surface area contributed by atoms with Gasteiger partial charge in [-0.05, 0) is 19.1 Å². The fraction of sp³-hybridized carbons (Fsp3) is 0.900. The minimum absolute atomic E-state index is 0.340. The summed E-state index contributed by atoms with van der Waals surface area (Å²) in [6.45, 7) is 4.30. The van der Waals surface area contributed by atoms with Gasteiger partial charge in [0.2, 0.25) is 0 Å². The summed E-state index contributed by atoms with van der Waals surface area (Å²) in [4.78, 5) is 11.5. The molecule has 0 heterocycles. The normalized spacial score (nSPS) is 10.7. The van der Waals surface area contributed by atoms with Crippen LogP contribution < -0.4 is 0 Å². The fourth-order valence-electron chi connectivity index (χ4n) is 1.42. The van der Waals surface area contributed by atoms with Crippen molar-refractivity contribution in [3.8, 4) is 0 Å².